The zero-order valence-corrected chi connectivity index (χ0v) is 19.8. The first-order valence-corrected chi connectivity index (χ1v) is 11.8. The normalized spacial score (nSPS) is 30.8. The van der Waals surface area contributed by atoms with Crippen LogP contribution in [0.25, 0.3) is 0 Å². The smallest absolute Gasteiger partial charge is 0.251 e. The van der Waals surface area contributed by atoms with Crippen molar-refractivity contribution in [2.45, 2.75) is 59.4 Å². The fourth-order valence-corrected chi connectivity index (χ4v) is 6.83. The molecule has 4 rings (SSSR count). The largest absolute Gasteiger partial charge is 0.508 e. The Labute approximate surface area is 195 Å². The van der Waals surface area contributed by atoms with Crippen molar-refractivity contribution in [2.24, 2.45) is 28.6 Å². The molecule has 1 amide bonds. The van der Waals surface area contributed by atoms with Crippen molar-refractivity contribution in [3.63, 3.8) is 0 Å². The van der Waals surface area contributed by atoms with E-state index in [0.29, 0.717) is 11.1 Å². The number of hydrogen-bond acceptors (Lipinski definition) is 5. The zero-order chi connectivity index (χ0) is 24.0. The number of nitrogens with zero attached hydrogens (tertiary/aromatic N) is 1. The molecule has 5 atom stereocenters. The van der Waals surface area contributed by atoms with Crippen LogP contribution < -0.4 is 5.32 Å². The summed E-state index contributed by atoms with van der Waals surface area (Å²) in [4.78, 5) is 30.9. The Balaban J connectivity index is 1.73. The van der Waals surface area contributed by atoms with Crippen LogP contribution in [0.5, 0.6) is 11.5 Å². The highest BCUT2D eigenvalue weighted by molar-refractivity contribution is 5.99. The first-order valence-electron chi connectivity index (χ1n) is 11.8. The van der Waals surface area contributed by atoms with E-state index in [4.69, 9.17) is 0 Å². The van der Waals surface area contributed by atoms with E-state index in [2.05, 4.69) is 31.1 Å². The lowest BCUT2D eigenvalue weighted by Crippen LogP contribution is -2.60. The molecule has 0 spiro atoms. The number of rotatable bonds is 4. The van der Waals surface area contributed by atoms with Gasteiger partial charge in [-0.05, 0) is 66.2 Å². The van der Waals surface area contributed by atoms with Crippen LogP contribution >= 0.6 is 0 Å². The van der Waals surface area contributed by atoms with E-state index in [1.54, 1.807) is 24.5 Å². The first-order chi connectivity index (χ1) is 15.5. The monoisotopic (exact) mass is 450 g/mol. The molecule has 176 valence electrons. The van der Waals surface area contributed by atoms with Gasteiger partial charge in [0.05, 0.1) is 0 Å². The topological polar surface area (TPSA) is 99.5 Å². The summed E-state index contributed by atoms with van der Waals surface area (Å²) in [6, 6.07) is 7.31. The molecule has 2 aliphatic carbocycles. The van der Waals surface area contributed by atoms with Crippen molar-refractivity contribution in [1.82, 2.24) is 10.3 Å². The highest BCUT2D eigenvalue weighted by Gasteiger charge is 2.58. The van der Waals surface area contributed by atoms with Crippen molar-refractivity contribution in [3.8, 4) is 11.5 Å². The average molecular weight is 451 g/mol. The number of carbonyl (C=O) groups is 2. The second-order valence-corrected chi connectivity index (χ2v) is 10.9. The van der Waals surface area contributed by atoms with Gasteiger partial charge in [0.2, 0.25) is 0 Å². The number of amides is 1. The van der Waals surface area contributed by atoms with E-state index in [-0.39, 0.29) is 57.8 Å². The Kier molecular flexibility index (Phi) is 5.97. The lowest BCUT2D eigenvalue weighted by atomic mass is 9.45. The van der Waals surface area contributed by atoms with Gasteiger partial charge in [-0.15, -0.1) is 0 Å². The van der Waals surface area contributed by atoms with E-state index in [1.165, 1.54) is 18.2 Å². The summed E-state index contributed by atoms with van der Waals surface area (Å²) in [6.45, 7) is 8.82. The molecule has 2 aliphatic rings. The van der Waals surface area contributed by atoms with E-state index in [1.807, 2.05) is 6.92 Å². The van der Waals surface area contributed by atoms with Crippen molar-refractivity contribution in [1.29, 1.82) is 0 Å². The van der Waals surface area contributed by atoms with E-state index < -0.39 is 0 Å². The van der Waals surface area contributed by atoms with Gasteiger partial charge >= 0.3 is 0 Å². The molecule has 1 heterocycles. The SMILES string of the molecule is CC1C(NC(=O)c2ccncc2)CC2C(C)(C)CCCC2(C)C1C(=O)c1cc(O)cc(O)c1. The molecule has 2 saturated carbocycles. The predicted octanol–water partition coefficient (Wildman–Crippen LogP) is 4.96. The maximum Gasteiger partial charge on any atom is 0.251 e. The van der Waals surface area contributed by atoms with Crippen LogP contribution in [0.2, 0.25) is 0 Å². The van der Waals surface area contributed by atoms with Crippen LogP contribution in [-0.2, 0) is 0 Å². The van der Waals surface area contributed by atoms with Crippen LogP contribution in [0.1, 0.15) is 74.1 Å². The van der Waals surface area contributed by atoms with Crippen LogP contribution in [0, 0.1) is 28.6 Å². The number of phenolic OH excluding ortho intramolecular Hbond substituents is 2. The van der Waals surface area contributed by atoms with Gasteiger partial charge in [0, 0.05) is 41.5 Å². The predicted molar refractivity (Wildman–Crippen MR) is 126 cm³/mol. The first kappa shape index (κ1) is 23.3. The van der Waals surface area contributed by atoms with Crippen molar-refractivity contribution >= 4 is 11.7 Å². The van der Waals surface area contributed by atoms with Gasteiger partial charge < -0.3 is 15.5 Å². The number of phenols is 2. The number of nitrogens with one attached hydrogen (secondary N) is 1. The van der Waals surface area contributed by atoms with Gasteiger partial charge in [-0.2, -0.15) is 0 Å². The van der Waals surface area contributed by atoms with E-state index in [0.717, 1.165) is 25.7 Å². The molecule has 33 heavy (non-hydrogen) atoms. The molecule has 6 heteroatoms. The molecular weight excluding hydrogens is 416 g/mol. The minimum atomic E-state index is -0.347. The maximum absolute atomic E-state index is 13.9. The third kappa shape index (κ3) is 4.23. The average Bonchev–Trinajstić information content (AvgIpc) is 2.74. The van der Waals surface area contributed by atoms with Crippen LogP contribution in [0.15, 0.2) is 42.7 Å². The Morgan fingerprint density at radius 3 is 2.27 bits per heavy atom. The molecule has 5 unspecified atom stereocenters. The molecule has 6 nitrogen and oxygen atoms in total. The molecule has 1 aromatic heterocycles. The summed E-state index contributed by atoms with van der Waals surface area (Å²) >= 11 is 0. The Bertz CT molecular complexity index is 1030. The summed E-state index contributed by atoms with van der Waals surface area (Å²) < 4.78 is 0. The van der Waals surface area contributed by atoms with Gasteiger partial charge in [0.1, 0.15) is 11.5 Å². The minimum Gasteiger partial charge on any atom is -0.508 e. The molecule has 3 N–H and O–H groups in total. The molecule has 0 aliphatic heterocycles. The highest BCUT2D eigenvalue weighted by atomic mass is 16.3. The number of benzene rings is 1. The molecule has 1 aromatic carbocycles. The van der Waals surface area contributed by atoms with Gasteiger partial charge in [-0.1, -0.05) is 34.1 Å². The fraction of sp³-hybridized carbons (Fsp3) is 0.519. The summed E-state index contributed by atoms with van der Waals surface area (Å²) in [5.74, 6) is -0.709. The number of ketones is 1. The molecule has 0 bridgehead atoms. The highest BCUT2D eigenvalue weighted by Crippen LogP contribution is 2.61. The quantitative estimate of drug-likeness (QED) is 0.572. The number of fused-ring (bicyclic) bond motifs is 1. The minimum absolute atomic E-state index is 0.0340. The molecule has 2 fully saturated rings. The third-order valence-electron chi connectivity index (χ3n) is 8.37. The van der Waals surface area contributed by atoms with Gasteiger partial charge in [-0.25, -0.2) is 0 Å². The second-order valence-electron chi connectivity index (χ2n) is 10.9. The Morgan fingerprint density at radius 1 is 1.00 bits per heavy atom. The van der Waals surface area contributed by atoms with Crippen molar-refractivity contribution < 1.29 is 19.8 Å². The number of aromatic nitrogens is 1. The Hall–Kier alpha value is -2.89. The van der Waals surface area contributed by atoms with Crippen molar-refractivity contribution in [3.05, 3.63) is 53.9 Å². The molecule has 2 aromatic rings. The number of hydrogen-bond donors (Lipinski definition) is 3. The summed E-state index contributed by atoms with van der Waals surface area (Å²) in [5, 5.41) is 23.2. The molecule has 0 saturated heterocycles. The Morgan fingerprint density at radius 2 is 1.64 bits per heavy atom. The van der Waals surface area contributed by atoms with Crippen LogP contribution in [0.3, 0.4) is 0 Å². The van der Waals surface area contributed by atoms with Gasteiger partial charge in [0.25, 0.3) is 5.91 Å². The van der Waals surface area contributed by atoms with E-state index in [9.17, 15) is 19.8 Å². The fourth-order valence-electron chi connectivity index (χ4n) is 6.83. The lowest BCUT2D eigenvalue weighted by Gasteiger charge is -2.60. The number of carbonyl (C=O) groups excluding carboxylic acids is 2. The summed E-state index contributed by atoms with van der Waals surface area (Å²) in [6.07, 6.45) is 7.09. The second kappa shape index (κ2) is 8.47. The standard InChI is InChI=1S/C27H34N2O4/c1-16-21(29-25(33)17-6-10-28-11-7-17)15-22-26(2,3)8-5-9-27(22,4)23(16)24(32)18-12-19(30)14-20(31)13-18/h6-7,10-14,16,21-23,30-31H,5,8-9,15H2,1-4H3,(H,29,33). The van der Waals surface area contributed by atoms with Crippen LogP contribution in [0.4, 0.5) is 0 Å². The summed E-state index contributed by atoms with van der Waals surface area (Å²) in [7, 11) is 0. The number of Topliss-reactive ketones (excluding diaryl/α,β-unsaturated/α-hetero) is 1. The van der Waals surface area contributed by atoms with Crippen LogP contribution in [-0.4, -0.2) is 32.9 Å². The molecular formula is C27H34N2O4. The zero-order valence-electron chi connectivity index (χ0n) is 19.8. The summed E-state index contributed by atoms with van der Waals surface area (Å²) in [5.41, 5.74) is 0.659. The maximum atomic E-state index is 13.9. The van der Waals surface area contributed by atoms with Gasteiger partial charge in [-0.3, -0.25) is 14.6 Å². The van der Waals surface area contributed by atoms with Crippen molar-refractivity contribution in [2.75, 3.05) is 0 Å². The lowest BCUT2D eigenvalue weighted by molar-refractivity contribution is -0.0902. The number of aromatic hydroxyl groups is 2. The van der Waals surface area contributed by atoms with Gasteiger partial charge in [0.15, 0.2) is 5.78 Å². The third-order valence-corrected chi connectivity index (χ3v) is 8.37. The number of pyridine rings is 1. The molecule has 0 radical (unpaired) electrons. The van der Waals surface area contributed by atoms with E-state index >= 15 is 0 Å².